The molecule has 3 rings (SSSR count). The first-order chi connectivity index (χ1) is 14.9. The van der Waals surface area contributed by atoms with Crippen LogP contribution in [0.1, 0.15) is 36.8 Å². The number of halogens is 1. The summed E-state index contributed by atoms with van der Waals surface area (Å²) in [6.07, 6.45) is 2.83. The topological polar surface area (TPSA) is 49.9 Å². The number of ether oxygens (including phenoxy) is 1. The van der Waals surface area contributed by atoms with Crippen LogP contribution in [0.25, 0.3) is 0 Å². The Kier molecular flexibility index (Phi) is 7.85. The van der Waals surface area contributed by atoms with Gasteiger partial charge in [0.2, 0.25) is 11.8 Å². The molecule has 2 heterocycles. The van der Waals surface area contributed by atoms with Crippen LogP contribution in [-0.2, 0) is 16.0 Å². The fourth-order valence-corrected chi connectivity index (χ4v) is 4.65. The van der Waals surface area contributed by atoms with Crippen molar-refractivity contribution in [2.24, 2.45) is 5.92 Å². The maximum absolute atomic E-state index is 13.3. The maximum atomic E-state index is 13.3. The van der Waals surface area contributed by atoms with Crippen LogP contribution in [-0.4, -0.2) is 47.9 Å². The molecule has 7 heteroatoms. The summed E-state index contributed by atoms with van der Waals surface area (Å²) in [5.74, 6) is 0.293. The highest BCUT2D eigenvalue weighted by Crippen LogP contribution is 2.34. The van der Waals surface area contributed by atoms with Crippen molar-refractivity contribution in [2.75, 3.05) is 26.2 Å². The van der Waals surface area contributed by atoms with Gasteiger partial charge in [-0.3, -0.25) is 9.59 Å². The van der Waals surface area contributed by atoms with Crippen LogP contribution >= 0.6 is 11.3 Å². The number of amides is 2. The first kappa shape index (κ1) is 23.0. The summed E-state index contributed by atoms with van der Waals surface area (Å²) in [4.78, 5) is 30.5. The second kappa shape index (κ2) is 10.6. The first-order valence-corrected chi connectivity index (χ1v) is 11.4. The van der Waals surface area contributed by atoms with E-state index in [1.54, 1.807) is 39.3 Å². The summed E-state index contributed by atoms with van der Waals surface area (Å²) in [6.45, 7) is 8.89. The summed E-state index contributed by atoms with van der Waals surface area (Å²) in [5.41, 5.74) is 1.08. The fraction of sp³-hybridized carbons (Fsp3) is 0.417. The smallest absolute Gasteiger partial charge is 0.242 e. The van der Waals surface area contributed by atoms with Crippen molar-refractivity contribution in [3.05, 3.63) is 64.6 Å². The lowest BCUT2D eigenvalue weighted by atomic mass is 10.0. The SMILES string of the molecule is C=CCN(CC(=O)N1CCc2sccc2[C@H]1COc1ccc(F)cc1)C(=O)CC(C)C. The molecule has 1 aromatic heterocycles. The van der Waals surface area contributed by atoms with Gasteiger partial charge in [-0.1, -0.05) is 19.9 Å². The van der Waals surface area contributed by atoms with Gasteiger partial charge in [0.25, 0.3) is 0 Å². The molecule has 2 amide bonds. The van der Waals surface area contributed by atoms with Crippen molar-refractivity contribution < 1.29 is 18.7 Å². The Bertz CT molecular complexity index is 910. The lowest BCUT2D eigenvalue weighted by Gasteiger charge is -2.37. The number of hydrogen-bond acceptors (Lipinski definition) is 4. The molecule has 0 N–H and O–H groups in total. The monoisotopic (exact) mass is 444 g/mol. The molecular formula is C24H29FN2O3S. The quantitative estimate of drug-likeness (QED) is 0.537. The van der Waals surface area contributed by atoms with Gasteiger partial charge in [0.1, 0.15) is 24.7 Å². The van der Waals surface area contributed by atoms with Gasteiger partial charge >= 0.3 is 0 Å². The second-order valence-corrected chi connectivity index (χ2v) is 9.08. The van der Waals surface area contributed by atoms with Crippen molar-refractivity contribution in [2.45, 2.75) is 32.7 Å². The minimum absolute atomic E-state index is 0.0179. The zero-order valence-electron chi connectivity index (χ0n) is 18.1. The Morgan fingerprint density at radius 3 is 2.74 bits per heavy atom. The third-order valence-corrected chi connectivity index (χ3v) is 6.24. The zero-order valence-corrected chi connectivity index (χ0v) is 18.9. The molecule has 31 heavy (non-hydrogen) atoms. The number of carbonyl (C=O) groups is 2. The van der Waals surface area contributed by atoms with Crippen LogP contribution in [0.3, 0.4) is 0 Å². The maximum Gasteiger partial charge on any atom is 0.242 e. The average molecular weight is 445 g/mol. The number of rotatable bonds is 9. The van der Waals surface area contributed by atoms with E-state index in [1.165, 1.54) is 17.0 Å². The van der Waals surface area contributed by atoms with E-state index in [4.69, 9.17) is 4.74 Å². The Morgan fingerprint density at radius 2 is 2.06 bits per heavy atom. The molecule has 166 valence electrons. The van der Waals surface area contributed by atoms with Crippen LogP contribution in [0.15, 0.2) is 48.4 Å². The number of fused-ring (bicyclic) bond motifs is 1. The number of nitrogens with zero attached hydrogens (tertiary/aromatic N) is 2. The molecule has 1 aliphatic rings. The number of thiophene rings is 1. The van der Waals surface area contributed by atoms with Gasteiger partial charge in [0.15, 0.2) is 0 Å². The summed E-state index contributed by atoms with van der Waals surface area (Å²) in [6, 6.07) is 7.64. The Hall–Kier alpha value is -2.67. The molecule has 0 saturated heterocycles. The molecule has 1 atom stereocenters. The van der Waals surface area contributed by atoms with E-state index < -0.39 is 0 Å². The van der Waals surface area contributed by atoms with E-state index in [0.717, 1.165) is 12.0 Å². The molecule has 0 saturated carbocycles. The first-order valence-electron chi connectivity index (χ1n) is 10.5. The molecular weight excluding hydrogens is 415 g/mol. The highest BCUT2D eigenvalue weighted by atomic mass is 32.1. The van der Waals surface area contributed by atoms with Gasteiger partial charge in [-0.05, 0) is 53.6 Å². The molecule has 5 nitrogen and oxygen atoms in total. The Balaban J connectivity index is 1.75. The van der Waals surface area contributed by atoms with E-state index in [-0.39, 0.29) is 42.7 Å². The van der Waals surface area contributed by atoms with E-state index >= 15 is 0 Å². The predicted molar refractivity (Wildman–Crippen MR) is 121 cm³/mol. The normalized spacial score (nSPS) is 15.5. The molecule has 0 bridgehead atoms. The van der Waals surface area contributed by atoms with Crippen molar-refractivity contribution >= 4 is 23.2 Å². The molecule has 0 fully saturated rings. The van der Waals surface area contributed by atoms with Gasteiger partial charge in [0.05, 0.1) is 6.04 Å². The third-order valence-electron chi connectivity index (χ3n) is 5.25. The van der Waals surface area contributed by atoms with E-state index in [1.807, 2.05) is 25.3 Å². The number of carbonyl (C=O) groups excluding carboxylic acids is 2. The summed E-state index contributed by atoms with van der Waals surface area (Å²) < 4.78 is 19.1. The number of hydrogen-bond donors (Lipinski definition) is 0. The van der Waals surface area contributed by atoms with Crippen molar-refractivity contribution in [1.29, 1.82) is 0 Å². The molecule has 0 spiro atoms. The number of benzene rings is 1. The van der Waals surface area contributed by atoms with Crippen LogP contribution in [0.4, 0.5) is 4.39 Å². The summed E-state index contributed by atoms with van der Waals surface area (Å²) >= 11 is 1.68. The van der Waals surface area contributed by atoms with Crippen LogP contribution in [0, 0.1) is 11.7 Å². The largest absolute Gasteiger partial charge is 0.491 e. The van der Waals surface area contributed by atoms with Gasteiger partial charge < -0.3 is 14.5 Å². The molecule has 1 aromatic carbocycles. The molecule has 0 radical (unpaired) electrons. The summed E-state index contributed by atoms with van der Waals surface area (Å²) in [5, 5.41) is 2.03. The van der Waals surface area contributed by atoms with E-state index in [2.05, 4.69) is 6.58 Å². The highest BCUT2D eigenvalue weighted by Gasteiger charge is 2.33. The van der Waals surface area contributed by atoms with Gasteiger partial charge in [-0.2, -0.15) is 0 Å². The van der Waals surface area contributed by atoms with Crippen molar-refractivity contribution in [1.82, 2.24) is 9.80 Å². The third kappa shape index (κ3) is 5.94. The van der Waals surface area contributed by atoms with E-state index in [9.17, 15) is 14.0 Å². The molecule has 0 aliphatic carbocycles. The van der Waals surface area contributed by atoms with Crippen molar-refractivity contribution in [3.63, 3.8) is 0 Å². The zero-order chi connectivity index (χ0) is 22.4. The lowest BCUT2D eigenvalue weighted by Crippen LogP contribution is -2.48. The predicted octanol–water partition coefficient (Wildman–Crippen LogP) is 4.45. The van der Waals surface area contributed by atoms with E-state index in [0.29, 0.717) is 25.3 Å². The Morgan fingerprint density at radius 1 is 1.32 bits per heavy atom. The van der Waals surface area contributed by atoms with Crippen molar-refractivity contribution in [3.8, 4) is 5.75 Å². The van der Waals surface area contributed by atoms with Crippen LogP contribution < -0.4 is 4.74 Å². The lowest BCUT2D eigenvalue weighted by molar-refractivity contribution is -0.142. The van der Waals surface area contributed by atoms with Crippen LogP contribution in [0.2, 0.25) is 0 Å². The van der Waals surface area contributed by atoms with Gasteiger partial charge in [-0.15, -0.1) is 17.9 Å². The second-order valence-electron chi connectivity index (χ2n) is 8.08. The standard InChI is InChI=1S/C24H29FN2O3S/c1-4-11-26(23(28)14-17(2)3)15-24(29)27-12-9-22-20(10-13-31-22)21(27)16-30-19-7-5-18(25)6-8-19/h4-8,10,13,17,21H,1,9,11-12,14-16H2,2-3H3/t21-/m1/s1. The summed E-state index contributed by atoms with van der Waals surface area (Å²) in [7, 11) is 0. The molecule has 2 aromatic rings. The minimum Gasteiger partial charge on any atom is -0.491 e. The average Bonchev–Trinajstić information content (AvgIpc) is 3.21. The Labute approximate surface area is 187 Å². The fourth-order valence-electron chi connectivity index (χ4n) is 3.72. The highest BCUT2D eigenvalue weighted by molar-refractivity contribution is 7.10. The molecule has 0 unspecified atom stereocenters. The molecule has 1 aliphatic heterocycles. The van der Waals surface area contributed by atoms with Gasteiger partial charge in [-0.25, -0.2) is 4.39 Å². The van der Waals surface area contributed by atoms with Crippen LogP contribution in [0.5, 0.6) is 5.75 Å². The van der Waals surface area contributed by atoms with Gasteiger partial charge in [0, 0.05) is 24.4 Å². The minimum atomic E-state index is -0.324.